The van der Waals surface area contributed by atoms with E-state index in [0.29, 0.717) is 5.92 Å². The van der Waals surface area contributed by atoms with Gasteiger partial charge in [0.25, 0.3) is 0 Å². The van der Waals surface area contributed by atoms with Crippen molar-refractivity contribution in [3.05, 3.63) is 30.5 Å². The van der Waals surface area contributed by atoms with Gasteiger partial charge in [0.15, 0.2) is 0 Å². The molecule has 0 saturated heterocycles. The maximum Gasteiger partial charge on any atom is -0.00415 e. The van der Waals surface area contributed by atoms with Gasteiger partial charge in [0.1, 0.15) is 0 Å². The van der Waals surface area contributed by atoms with Gasteiger partial charge in [0.05, 0.1) is 0 Å². The summed E-state index contributed by atoms with van der Waals surface area (Å²) in [4.78, 5) is 0. The molecule has 116 valence electrons. The SMILES string of the molecule is C=C=C(C=C)C(CCCCCC)CCCCCCCC. The summed E-state index contributed by atoms with van der Waals surface area (Å²) in [7, 11) is 0. The van der Waals surface area contributed by atoms with Crippen LogP contribution in [0.3, 0.4) is 0 Å². The van der Waals surface area contributed by atoms with Crippen LogP contribution in [0.4, 0.5) is 0 Å². The summed E-state index contributed by atoms with van der Waals surface area (Å²) < 4.78 is 0. The number of rotatable bonds is 14. The van der Waals surface area contributed by atoms with Crippen LogP contribution in [0.15, 0.2) is 30.5 Å². The molecule has 0 bridgehead atoms. The fourth-order valence-electron chi connectivity index (χ4n) is 2.83. The molecule has 0 aliphatic heterocycles. The largest absolute Gasteiger partial charge is 0.125 e. The molecule has 0 spiro atoms. The van der Waals surface area contributed by atoms with Gasteiger partial charge in [-0.25, -0.2) is 0 Å². The molecule has 0 nitrogen and oxygen atoms in total. The first-order valence-corrected chi connectivity index (χ1v) is 8.82. The fourth-order valence-corrected chi connectivity index (χ4v) is 2.83. The van der Waals surface area contributed by atoms with Crippen LogP contribution in [0, 0.1) is 5.92 Å². The molecule has 0 aromatic rings. The molecule has 0 fully saturated rings. The summed E-state index contributed by atoms with van der Waals surface area (Å²) in [5, 5.41) is 0. The van der Waals surface area contributed by atoms with Crippen LogP contribution in [0.2, 0.25) is 0 Å². The Bertz CT molecular complexity index is 268. The highest BCUT2D eigenvalue weighted by atomic mass is 14.2. The van der Waals surface area contributed by atoms with Gasteiger partial charge in [-0.1, -0.05) is 97.3 Å². The zero-order chi connectivity index (χ0) is 15.1. The van der Waals surface area contributed by atoms with Gasteiger partial charge in [0, 0.05) is 0 Å². The van der Waals surface area contributed by atoms with E-state index >= 15 is 0 Å². The van der Waals surface area contributed by atoms with E-state index in [0.717, 1.165) is 0 Å². The second kappa shape index (κ2) is 14.7. The van der Waals surface area contributed by atoms with Gasteiger partial charge in [-0.15, -0.1) is 5.73 Å². The molecule has 0 saturated carbocycles. The van der Waals surface area contributed by atoms with E-state index in [4.69, 9.17) is 0 Å². The number of hydrogen-bond donors (Lipinski definition) is 0. The van der Waals surface area contributed by atoms with E-state index < -0.39 is 0 Å². The fraction of sp³-hybridized carbons (Fsp3) is 0.750. The van der Waals surface area contributed by atoms with Crippen molar-refractivity contribution >= 4 is 0 Å². The number of allylic oxidation sites excluding steroid dienone is 2. The average molecular weight is 277 g/mol. The molecule has 0 aromatic heterocycles. The van der Waals surface area contributed by atoms with Gasteiger partial charge in [-0.3, -0.25) is 0 Å². The van der Waals surface area contributed by atoms with Crippen molar-refractivity contribution in [2.75, 3.05) is 0 Å². The predicted octanol–water partition coefficient (Wildman–Crippen LogP) is 7.22. The highest BCUT2D eigenvalue weighted by molar-refractivity contribution is 5.17. The summed E-state index contributed by atoms with van der Waals surface area (Å²) >= 11 is 0. The molecular weight excluding hydrogens is 240 g/mol. The summed E-state index contributed by atoms with van der Waals surface area (Å²) in [6.07, 6.45) is 18.2. The minimum absolute atomic E-state index is 0.646. The normalized spacial score (nSPS) is 11.9. The zero-order valence-electron chi connectivity index (χ0n) is 14.1. The quantitative estimate of drug-likeness (QED) is 0.178. The van der Waals surface area contributed by atoms with Crippen molar-refractivity contribution in [2.24, 2.45) is 5.92 Å². The van der Waals surface area contributed by atoms with Crippen LogP contribution in [-0.4, -0.2) is 0 Å². The van der Waals surface area contributed by atoms with Crippen LogP contribution < -0.4 is 0 Å². The van der Waals surface area contributed by atoms with E-state index in [2.05, 4.69) is 32.7 Å². The Kier molecular flexibility index (Phi) is 14.1. The van der Waals surface area contributed by atoms with Crippen molar-refractivity contribution in [1.29, 1.82) is 0 Å². The van der Waals surface area contributed by atoms with Crippen molar-refractivity contribution < 1.29 is 0 Å². The summed E-state index contributed by atoms with van der Waals surface area (Å²) in [6, 6.07) is 0. The van der Waals surface area contributed by atoms with Crippen LogP contribution in [0.1, 0.15) is 90.9 Å². The van der Waals surface area contributed by atoms with Crippen molar-refractivity contribution in [2.45, 2.75) is 90.9 Å². The van der Waals surface area contributed by atoms with E-state index in [1.54, 1.807) is 0 Å². The molecule has 1 atom stereocenters. The lowest BCUT2D eigenvalue weighted by Gasteiger charge is -2.16. The van der Waals surface area contributed by atoms with Crippen LogP contribution in [-0.2, 0) is 0 Å². The molecular formula is C20H36. The highest BCUT2D eigenvalue weighted by Gasteiger charge is 2.11. The third-order valence-corrected chi connectivity index (χ3v) is 4.18. The maximum absolute atomic E-state index is 3.93. The van der Waals surface area contributed by atoms with Crippen LogP contribution in [0.5, 0.6) is 0 Å². The second-order valence-corrected chi connectivity index (χ2v) is 5.94. The van der Waals surface area contributed by atoms with Crippen LogP contribution in [0.25, 0.3) is 0 Å². The molecule has 0 aromatic carbocycles. The molecule has 0 heteroatoms. The molecule has 1 unspecified atom stereocenters. The molecule has 0 heterocycles. The Hall–Kier alpha value is -0.740. The van der Waals surface area contributed by atoms with Crippen molar-refractivity contribution in [3.63, 3.8) is 0 Å². The summed E-state index contributed by atoms with van der Waals surface area (Å²) in [5.74, 6) is 0.646. The third-order valence-electron chi connectivity index (χ3n) is 4.18. The van der Waals surface area contributed by atoms with E-state index in [1.165, 1.54) is 82.6 Å². The third kappa shape index (κ3) is 10.1. The van der Waals surface area contributed by atoms with E-state index in [1.807, 2.05) is 6.08 Å². The Morgan fingerprint density at radius 3 is 1.75 bits per heavy atom. The minimum atomic E-state index is 0.646. The Morgan fingerprint density at radius 2 is 1.30 bits per heavy atom. The predicted molar refractivity (Wildman–Crippen MR) is 93.1 cm³/mol. The first kappa shape index (κ1) is 19.3. The van der Waals surface area contributed by atoms with Crippen molar-refractivity contribution in [1.82, 2.24) is 0 Å². The Balaban J connectivity index is 3.99. The molecule has 0 rings (SSSR count). The maximum atomic E-state index is 3.93. The van der Waals surface area contributed by atoms with Gasteiger partial charge in [0.2, 0.25) is 0 Å². The lowest BCUT2D eigenvalue weighted by atomic mass is 9.88. The monoisotopic (exact) mass is 276 g/mol. The van der Waals surface area contributed by atoms with Gasteiger partial charge in [-0.05, 0) is 24.3 Å². The van der Waals surface area contributed by atoms with E-state index in [9.17, 15) is 0 Å². The Labute approximate surface area is 128 Å². The lowest BCUT2D eigenvalue weighted by molar-refractivity contribution is 0.458. The van der Waals surface area contributed by atoms with Gasteiger partial charge >= 0.3 is 0 Å². The Morgan fingerprint density at radius 1 is 0.850 bits per heavy atom. The molecule has 0 aliphatic carbocycles. The number of hydrogen-bond acceptors (Lipinski definition) is 0. The van der Waals surface area contributed by atoms with Crippen LogP contribution >= 0.6 is 0 Å². The number of unbranched alkanes of at least 4 members (excludes halogenated alkanes) is 8. The topological polar surface area (TPSA) is 0 Å². The molecule has 0 amide bonds. The first-order valence-electron chi connectivity index (χ1n) is 8.82. The minimum Gasteiger partial charge on any atom is -0.125 e. The summed E-state index contributed by atoms with van der Waals surface area (Å²) in [6.45, 7) is 12.3. The van der Waals surface area contributed by atoms with E-state index in [-0.39, 0.29) is 0 Å². The highest BCUT2D eigenvalue weighted by Crippen LogP contribution is 2.25. The standard InChI is InChI=1S/C20H36/c1-5-9-11-13-14-16-18-20(19(7-3)8-4)17-15-12-10-6-2/h7,20H,3-6,9-18H2,1-2H3. The zero-order valence-corrected chi connectivity index (χ0v) is 14.1. The second-order valence-electron chi connectivity index (χ2n) is 5.94. The van der Waals surface area contributed by atoms with Crippen molar-refractivity contribution in [3.8, 4) is 0 Å². The summed E-state index contributed by atoms with van der Waals surface area (Å²) in [5.41, 5.74) is 4.35. The van der Waals surface area contributed by atoms with Gasteiger partial charge in [-0.2, -0.15) is 0 Å². The lowest BCUT2D eigenvalue weighted by Crippen LogP contribution is -2.03. The van der Waals surface area contributed by atoms with Gasteiger partial charge < -0.3 is 0 Å². The molecule has 20 heavy (non-hydrogen) atoms. The molecule has 0 N–H and O–H groups in total. The molecule has 0 radical (unpaired) electrons. The smallest absolute Gasteiger partial charge is 0.00415 e. The average Bonchev–Trinajstić information content (AvgIpc) is 2.47. The molecule has 0 aliphatic rings. The first-order chi connectivity index (χ1) is 9.79.